The van der Waals surface area contributed by atoms with Gasteiger partial charge in [0, 0.05) is 6.04 Å². The van der Waals surface area contributed by atoms with Gasteiger partial charge >= 0.3 is 0 Å². The molecule has 82 valence electrons. The third kappa shape index (κ3) is 1.17. The number of rotatable bonds is 2. The van der Waals surface area contributed by atoms with Crippen LogP contribution in [0, 0.1) is 17.8 Å². The van der Waals surface area contributed by atoms with E-state index in [1.807, 2.05) is 0 Å². The Bertz CT molecular complexity index is 309. The van der Waals surface area contributed by atoms with Crippen LogP contribution in [0.3, 0.4) is 0 Å². The number of imide groups is 1. The van der Waals surface area contributed by atoms with Crippen LogP contribution in [0.2, 0.25) is 0 Å². The average Bonchev–Trinajstić information content (AvgIpc) is 2.84. The van der Waals surface area contributed by atoms with Gasteiger partial charge in [-0.05, 0) is 31.7 Å². The van der Waals surface area contributed by atoms with Crippen molar-refractivity contribution in [1.29, 1.82) is 0 Å². The fourth-order valence-electron chi connectivity index (χ4n) is 3.17. The predicted octanol–water partition coefficient (Wildman–Crippen LogP) is 0.119. The van der Waals surface area contributed by atoms with E-state index in [2.05, 4.69) is 0 Å². The molecule has 3 fully saturated rings. The molecule has 0 aromatic heterocycles. The Labute approximate surface area is 88.8 Å². The number of carbonyl (C=O) groups is 2. The molecule has 0 bridgehead atoms. The van der Waals surface area contributed by atoms with Gasteiger partial charge in [-0.1, -0.05) is 6.42 Å². The number of likely N-dealkylation sites (tertiary alicyclic amines) is 1. The van der Waals surface area contributed by atoms with Crippen LogP contribution in [-0.2, 0) is 9.59 Å². The van der Waals surface area contributed by atoms with E-state index in [4.69, 9.17) is 5.73 Å². The highest BCUT2D eigenvalue weighted by atomic mass is 16.2. The summed E-state index contributed by atoms with van der Waals surface area (Å²) in [6.07, 6.45) is 3.92. The molecular weight excluding hydrogens is 192 g/mol. The Morgan fingerprint density at radius 1 is 1.20 bits per heavy atom. The third-order valence-electron chi connectivity index (χ3n) is 4.15. The van der Waals surface area contributed by atoms with E-state index in [-0.39, 0.29) is 29.7 Å². The first-order valence-electron chi connectivity index (χ1n) is 5.81. The second-order valence-electron chi connectivity index (χ2n) is 4.99. The summed E-state index contributed by atoms with van der Waals surface area (Å²) in [5.74, 6) is 0.578. The van der Waals surface area contributed by atoms with Gasteiger partial charge in [0.05, 0.1) is 11.8 Å². The Balaban J connectivity index is 1.82. The molecule has 0 radical (unpaired) electrons. The van der Waals surface area contributed by atoms with Crippen LogP contribution >= 0.6 is 0 Å². The summed E-state index contributed by atoms with van der Waals surface area (Å²) in [5.41, 5.74) is 5.68. The lowest BCUT2D eigenvalue weighted by atomic mass is 10.0. The summed E-state index contributed by atoms with van der Waals surface area (Å²) < 4.78 is 0. The molecular formula is C11H16N2O2. The summed E-state index contributed by atoms with van der Waals surface area (Å²) in [6.45, 7) is 0.594. The minimum atomic E-state index is 0.0384. The number of piperidine rings is 1. The molecule has 1 saturated heterocycles. The number of fused-ring (bicyclic) bond motifs is 1. The molecule has 1 aliphatic heterocycles. The Morgan fingerprint density at radius 3 is 2.47 bits per heavy atom. The molecule has 2 N–H and O–H groups in total. The van der Waals surface area contributed by atoms with Crippen molar-refractivity contribution in [2.24, 2.45) is 23.5 Å². The second kappa shape index (κ2) is 3.04. The first kappa shape index (κ1) is 9.33. The van der Waals surface area contributed by atoms with E-state index in [1.165, 1.54) is 0 Å². The topological polar surface area (TPSA) is 63.4 Å². The Kier molecular flexibility index (Phi) is 1.89. The lowest BCUT2D eigenvalue weighted by Gasteiger charge is -2.28. The van der Waals surface area contributed by atoms with E-state index in [0.717, 1.165) is 25.7 Å². The zero-order valence-corrected chi connectivity index (χ0v) is 8.69. The zero-order chi connectivity index (χ0) is 10.6. The monoisotopic (exact) mass is 208 g/mol. The standard InChI is InChI=1S/C11H16N2O2/c12-5-6-2-1-3-9(6)13-10(14)7-4-8(7)11(13)15/h6-9H,1-5,12H2. The molecule has 2 amide bonds. The number of amides is 2. The molecule has 4 unspecified atom stereocenters. The van der Waals surface area contributed by atoms with Crippen molar-refractivity contribution in [2.45, 2.75) is 31.7 Å². The van der Waals surface area contributed by atoms with Gasteiger partial charge in [0.25, 0.3) is 0 Å². The highest BCUT2D eigenvalue weighted by Gasteiger charge is 2.61. The zero-order valence-electron chi connectivity index (χ0n) is 8.69. The lowest BCUT2D eigenvalue weighted by molar-refractivity contribution is -0.144. The van der Waals surface area contributed by atoms with Gasteiger partial charge in [-0.2, -0.15) is 0 Å². The smallest absolute Gasteiger partial charge is 0.233 e. The van der Waals surface area contributed by atoms with Crippen molar-refractivity contribution in [3.63, 3.8) is 0 Å². The van der Waals surface area contributed by atoms with Crippen molar-refractivity contribution in [3.05, 3.63) is 0 Å². The van der Waals surface area contributed by atoms with Crippen molar-refractivity contribution in [3.8, 4) is 0 Å². The predicted molar refractivity (Wildman–Crippen MR) is 53.6 cm³/mol. The molecule has 15 heavy (non-hydrogen) atoms. The summed E-state index contributed by atoms with van der Waals surface area (Å²) in [7, 11) is 0. The van der Waals surface area contributed by atoms with Gasteiger partial charge in [-0.3, -0.25) is 14.5 Å². The van der Waals surface area contributed by atoms with E-state index in [9.17, 15) is 9.59 Å². The van der Waals surface area contributed by atoms with Crippen molar-refractivity contribution >= 4 is 11.8 Å². The fraction of sp³-hybridized carbons (Fsp3) is 0.818. The van der Waals surface area contributed by atoms with Crippen LogP contribution in [0.1, 0.15) is 25.7 Å². The van der Waals surface area contributed by atoms with Gasteiger partial charge in [-0.15, -0.1) is 0 Å². The quantitative estimate of drug-likeness (QED) is 0.655. The molecule has 0 spiro atoms. The summed E-state index contributed by atoms with van der Waals surface area (Å²) in [4.78, 5) is 25.3. The lowest BCUT2D eigenvalue weighted by Crippen LogP contribution is -2.45. The number of nitrogens with two attached hydrogens (primary N) is 1. The SMILES string of the molecule is NCC1CCCC1N1C(=O)C2CC2C1=O. The van der Waals surface area contributed by atoms with Crippen molar-refractivity contribution in [2.75, 3.05) is 6.54 Å². The van der Waals surface area contributed by atoms with Crippen LogP contribution in [0.5, 0.6) is 0 Å². The highest BCUT2D eigenvalue weighted by Crippen LogP contribution is 2.49. The largest absolute Gasteiger partial charge is 0.330 e. The number of nitrogens with zero attached hydrogens (tertiary/aromatic N) is 1. The fourth-order valence-corrected chi connectivity index (χ4v) is 3.17. The van der Waals surface area contributed by atoms with Crippen LogP contribution in [-0.4, -0.2) is 29.3 Å². The van der Waals surface area contributed by atoms with Gasteiger partial charge in [0.15, 0.2) is 0 Å². The molecule has 2 saturated carbocycles. The number of carbonyl (C=O) groups excluding carboxylic acids is 2. The Hall–Kier alpha value is -0.900. The number of hydrogen-bond acceptors (Lipinski definition) is 3. The van der Waals surface area contributed by atoms with Gasteiger partial charge in [0.1, 0.15) is 0 Å². The molecule has 4 heteroatoms. The summed E-state index contributed by atoms with van der Waals surface area (Å²) in [6, 6.07) is 0.114. The highest BCUT2D eigenvalue weighted by molar-refractivity contribution is 6.09. The minimum absolute atomic E-state index is 0.0384. The van der Waals surface area contributed by atoms with Crippen LogP contribution in [0.25, 0.3) is 0 Å². The van der Waals surface area contributed by atoms with E-state index < -0.39 is 0 Å². The summed E-state index contributed by atoms with van der Waals surface area (Å²) >= 11 is 0. The molecule has 0 aromatic rings. The first-order chi connectivity index (χ1) is 7.24. The van der Waals surface area contributed by atoms with E-state index >= 15 is 0 Å². The molecule has 4 atom stereocenters. The molecule has 4 nitrogen and oxygen atoms in total. The van der Waals surface area contributed by atoms with E-state index in [0.29, 0.717) is 12.5 Å². The van der Waals surface area contributed by atoms with Crippen LogP contribution < -0.4 is 5.73 Å². The molecule has 0 aromatic carbocycles. The molecule has 3 aliphatic rings. The van der Waals surface area contributed by atoms with Crippen molar-refractivity contribution in [1.82, 2.24) is 4.90 Å². The maximum atomic E-state index is 11.9. The molecule has 3 rings (SSSR count). The maximum Gasteiger partial charge on any atom is 0.233 e. The average molecular weight is 208 g/mol. The first-order valence-corrected chi connectivity index (χ1v) is 5.81. The minimum Gasteiger partial charge on any atom is -0.330 e. The number of hydrogen-bond donors (Lipinski definition) is 1. The third-order valence-corrected chi connectivity index (χ3v) is 4.15. The Morgan fingerprint density at radius 2 is 1.87 bits per heavy atom. The second-order valence-corrected chi connectivity index (χ2v) is 4.99. The van der Waals surface area contributed by atoms with Crippen LogP contribution in [0.4, 0.5) is 0 Å². The normalized spacial score (nSPS) is 43.7. The van der Waals surface area contributed by atoms with E-state index in [1.54, 1.807) is 4.90 Å². The maximum absolute atomic E-state index is 11.9. The van der Waals surface area contributed by atoms with Crippen LogP contribution in [0.15, 0.2) is 0 Å². The molecule has 2 aliphatic carbocycles. The van der Waals surface area contributed by atoms with Gasteiger partial charge < -0.3 is 5.73 Å². The summed E-state index contributed by atoms with van der Waals surface area (Å²) in [5, 5.41) is 0. The van der Waals surface area contributed by atoms with Gasteiger partial charge in [-0.25, -0.2) is 0 Å². The van der Waals surface area contributed by atoms with Gasteiger partial charge in [0.2, 0.25) is 11.8 Å². The van der Waals surface area contributed by atoms with Crippen molar-refractivity contribution < 1.29 is 9.59 Å². The molecule has 1 heterocycles.